The summed E-state index contributed by atoms with van der Waals surface area (Å²) >= 11 is 1.82. The van der Waals surface area contributed by atoms with Gasteiger partial charge < -0.3 is 15.1 Å². The maximum absolute atomic E-state index is 5.81. The van der Waals surface area contributed by atoms with Gasteiger partial charge in [0.2, 0.25) is 5.89 Å². The van der Waals surface area contributed by atoms with Crippen molar-refractivity contribution in [3.8, 4) is 11.3 Å². The Hall–Kier alpha value is -1.22. The van der Waals surface area contributed by atoms with Gasteiger partial charge in [-0.25, -0.2) is 4.98 Å². The molecule has 1 heterocycles. The maximum Gasteiger partial charge on any atom is 0.214 e. The fourth-order valence-electron chi connectivity index (χ4n) is 1.99. The lowest BCUT2D eigenvalue weighted by atomic mass is 10.1. The molecule has 0 saturated heterocycles. The second kappa shape index (κ2) is 10.1. The van der Waals surface area contributed by atoms with E-state index in [0.29, 0.717) is 12.4 Å². The van der Waals surface area contributed by atoms with Gasteiger partial charge in [-0.1, -0.05) is 29.8 Å². The third-order valence-corrected chi connectivity index (χ3v) is 5.00. The predicted octanol–water partition coefficient (Wildman–Crippen LogP) is 4.07. The van der Waals surface area contributed by atoms with E-state index >= 15 is 0 Å². The summed E-state index contributed by atoms with van der Waals surface area (Å²) in [5.74, 6) is 2.16. The molecule has 138 valence electrons. The van der Waals surface area contributed by atoms with Crippen LogP contribution < -0.4 is 10.6 Å². The van der Waals surface area contributed by atoms with E-state index in [1.165, 1.54) is 5.56 Å². The van der Waals surface area contributed by atoms with Crippen LogP contribution in [0.4, 0.5) is 0 Å². The molecular weight excluding hydrogens is 447 g/mol. The molecule has 0 unspecified atom stereocenters. The molecule has 2 aromatic rings. The van der Waals surface area contributed by atoms with Crippen molar-refractivity contribution in [1.29, 1.82) is 0 Å². The van der Waals surface area contributed by atoms with Gasteiger partial charge >= 0.3 is 0 Å². The van der Waals surface area contributed by atoms with E-state index in [0.717, 1.165) is 23.8 Å². The lowest BCUT2D eigenvalue weighted by molar-refractivity contribution is 0.497. The fraction of sp³-hybridized carbons (Fsp3) is 0.444. The zero-order valence-electron chi connectivity index (χ0n) is 15.4. The van der Waals surface area contributed by atoms with Crippen molar-refractivity contribution in [3.63, 3.8) is 0 Å². The summed E-state index contributed by atoms with van der Waals surface area (Å²) in [6, 6.07) is 8.21. The van der Waals surface area contributed by atoms with Crippen molar-refractivity contribution < 1.29 is 4.42 Å². The molecule has 0 amide bonds. The van der Waals surface area contributed by atoms with Crippen LogP contribution >= 0.6 is 35.7 Å². The molecule has 0 aliphatic heterocycles. The van der Waals surface area contributed by atoms with Gasteiger partial charge in [-0.05, 0) is 27.0 Å². The Bertz CT molecular complexity index is 683. The minimum atomic E-state index is 0. The number of aliphatic imine (C=N–C) groups is 1. The first kappa shape index (κ1) is 21.8. The minimum absolute atomic E-state index is 0. The average Bonchev–Trinajstić information content (AvgIpc) is 3.04. The van der Waals surface area contributed by atoms with Gasteiger partial charge in [0.15, 0.2) is 11.7 Å². The highest BCUT2D eigenvalue weighted by atomic mass is 127. The zero-order chi connectivity index (χ0) is 17.6. The van der Waals surface area contributed by atoms with Gasteiger partial charge in [0.1, 0.15) is 0 Å². The number of nitrogens with one attached hydrogen (secondary N) is 2. The number of aryl methyl sites for hydroxylation is 1. The molecule has 0 spiro atoms. The zero-order valence-corrected chi connectivity index (χ0v) is 18.6. The van der Waals surface area contributed by atoms with Crippen LogP contribution in [0.3, 0.4) is 0 Å². The van der Waals surface area contributed by atoms with Crippen LogP contribution in [0.2, 0.25) is 0 Å². The summed E-state index contributed by atoms with van der Waals surface area (Å²) in [6.07, 6.45) is 3.87. The van der Waals surface area contributed by atoms with Crippen LogP contribution in [0.25, 0.3) is 11.3 Å². The average molecular weight is 474 g/mol. The van der Waals surface area contributed by atoms with Gasteiger partial charge in [-0.3, -0.25) is 4.99 Å². The van der Waals surface area contributed by atoms with Crippen LogP contribution in [-0.2, 0) is 6.54 Å². The second-order valence-corrected chi connectivity index (χ2v) is 7.74. The number of aromatic nitrogens is 1. The summed E-state index contributed by atoms with van der Waals surface area (Å²) in [5.41, 5.74) is 2.26. The molecule has 0 saturated carbocycles. The van der Waals surface area contributed by atoms with Crippen molar-refractivity contribution in [2.75, 3.05) is 19.8 Å². The van der Waals surface area contributed by atoms with E-state index < -0.39 is 0 Å². The Morgan fingerprint density at radius 1 is 1.24 bits per heavy atom. The highest BCUT2D eigenvalue weighted by Gasteiger charge is 2.16. The molecular formula is C18H27IN4OS. The summed E-state index contributed by atoms with van der Waals surface area (Å²) in [7, 11) is 1.76. The molecule has 0 aliphatic rings. The first-order valence-electron chi connectivity index (χ1n) is 7.95. The highest BCUT2D eigenvalue weighted by molar-refractivity contribution is 14.0. The van der Waals surface area contributed by atoms with E-state index in [1.807, 2.05) is 23.9 Å². The van der Waals surface area contributed by atoms with E-state index in [9.17, 15) is 0 Å². The van der Waals surface area contributed by atoms with Crippen LogP contribution in [-0.4, -0.2) is 35.5 Å². The van der Waals surface area contributed by atoms with E-state index in [2.05, 4.69) is 59.8 Å². The molecule has 0 bridgehead atoms. The number of benzene rings is 1. The normalized spacial score (nSPS) is 11.8. The Balaban J connectivity index is 0.00000312. The molecule has 25 heavy (non-hydrogen) atoms. The smallest absolute Gasteiger partial charge is 0.214 e. The van der Waals surface area contributed by atoms with Crippen molar-refractivity contribution in [3.05, 3.63) is 41.9 Å². The number of thioether (sulfide) groups is 1. The van der Waals surface area contributed by atoms with Gasteiger partial charge in [0, 0.05) is 23.9 Å². The number of hydrogen-bond acceptors (Lipinski definition) is 4. The highest BCUT2D eigenvalue weighted by Crippen LogP contribution is 2.21. The first-order chi connectivity index (χ1) is 11.4. The summed E-state index contributed by atoms with van der Waals surface area (Å²) in [5, 5.41) is 6.55. The lowest BCUT2D eigenvalue weighted by Gasteiger charge is -2.23. The molecule has 1 aromatic carbocycles. The second-order valence-electron chi connectivity index (χ2n) is 6.23. The Kier molecular flexibility index (Phi) is 8.78. The monoisotopic (exact) mass is 474 g/mol. The third kappa shape index (κ3) is 6.89. The van der Waals surface area contributed by atoms with E-state index in [1.54, 1.807) is 13.2 Å². The van der Waals surface area contributed by atoms with Crippen LogP contribution in [0.15, 0.2) is 39.9 Å². The number of nitrogens with zero attached hydrogens (tertiary/aromatic N) is 2. The van der Waals surface area contributed by atoms with E-state index in [4.69, 9.17) is 4.42 Å². The molecule has 0 fully saturated rings. The topological polar surface area (TPSA) is 62.5 Å². The number of hydrogen-bond donors (Lipinski definition) is 2. The lowest BCUT2D eigenvalue weighted by Crippen LogP contribution is -2.43. The van der Waals surface area contributed by atoms with Gasteiger partial charge in [-0.2, -0.15) is 11.8 Å². The number of oxazole rings is 1. The Morgan fingerprint density at radius 3 is 2.52 bits per heavy atom. The van der Waals surface area contributed by atoms with Crippen molar-refractivity contribution in [1.82, 2.24) is 15.6 Å². The van der Waals surface area contributed by atoms with Gasteiger partial charge in [-0.15, -0.1) is 24.0 Å². The van der Waals surface area contributed by atoms with Crippen molar-refractivity contribution >= 4 is 41.7 Å². The summed E-state index contributed by atoms with van der Waals surface area (Å²) in [4.78, 5) is 8.56. The first-order valence-corrected chi connectivity index (χ1v) is 9.17. The molecule has 0 aliphatic carbocycles. The quantitative estimate of drug-likeness (QED) is 0.376. The van der Waals surface area contributed by atoms with Crippen LogP contribution in [0.5, 0.6) is 0 Å². The van der Waals surface area contributed by atoms with Crippen molar-refractivity contribution in [2.45, 2.75) is 32.1 Å². The number of halogens is 1. The van der Waals surface area contributed by atoms with Gasteiger partial charge in [0.25, 0.3) is 0 Å². The van der Waals surface area contributed by atoms with Crippen molar-refractivity contribution in [2.24, 2.45) is 4.99 Å². The molecule has 1 aromatic heterocycles. The molecule has 2 rings (SSSR count). The largest absolute Gasteiger partial charge is 0.439 e. The number of guanidine groups is 1. The molecule has 7 heteroatoms. The van der Waals surface area contributed by atoms with Crippen LogP contribution in [0.1, 0.15) is 25.3 Å². The minimum Gasteiger partial charge on any atom is -0.439 e. The standard InChI is InChI=1S/C18H26N4OS.HI/c1-13-6-8-14(9-7-13)15-10-20-16(23-15)11-21-17(19-4)22-12-18(2,3)24-5;/h6-10H,11-12H2,1-5H3,(H2,19,21,22);1H. The van der Waals surface area contributed by atoms with Crippen LogP contribution in [0, 0.1) is 6.92 Å². The summed E-state index contributed by atoms with van der Waals surface area (Å²) in [6.45, 7) is 7.77. The molecule has 5 nitrogen and oxygen atoms in total. The number of rotatable bonds is 6. The SMILES string of the molecule is CN=C(NCc1ncc(-c2ccc(C)cc2)o1)NCC(C)(C)SC.I. The third-order valence-electron chi connectivity index (χ3n) is 3.75. The maximum atomic E-state index is 5.81. The predicted molar refractivity (Wildman–Crippen MR) is 118 cm³/mol. The molecule has 2 N–H and O–H groups in total. The Morgan fingerprint density at radius 2 is 1.92 bits per heavy atom. The fourth-order valence-corrected chi connectivity index (χ4v) is 2.21. The molecule has 0 radical (unpaired) electrons. The molecule has 0 atom stereocenters. The van der Waals surface area contributed by atoms with E-state index in [-0.39, 0.29) is 28.7 Å². The van der Waals surface area contributed by atoms with Gasteiger partial charge in [0.05, 0.1) is 12.7 Å². The Labute approximate surface area is 171 Å². The summed E-state index contributed by atoms with van der Waals surface area (Å²) < 4.78 is 5.96.